The van der Waals surface area contributed by atoms with Crippen molar-refractivity contribution < 1.29 is 8.42 Å². The van der Waals surface area contributed by atoms with E-state index in [0.717, 1.165) is 18.5 Å². The van der Waals surface area contributed by atoms with E-state index in [-0.39, 0.29) is 5.25 Å². The lowest BCUT2D eigenvalue weighted by Gasteiger charge is -2.35. The summed E-state index contributed by atoms with van der Waals surface area (Å²) in [5.41, 5.74) is 7.48. The van der Waals surface area contributed by atoms with Gasteiger partial charge in [-0.05, 0) is 18.9 Å². The van der Waals surface area contributed by atoms with Gasteiger partial charge in [0.2, 0.25) is 10.0 Å². The van der Waals surface area contributed by atoms with Gasteiger partial charge in [0.25, 0.3) is 0 Å². The molecule has 1 saturated carbocycles. The molecule has 104 valence electrons. The molecule has 0 radical (unpaired) electrons. The predicted molar refractivity (Wildman–Crippen MR) is 74.4 cm³/mol. The molecule has 6 nitrogen and oxygen atoms in total. The Labute approximate surface area is 113 Å². The number of anilines is 2. The van der Waals surface area contributed by atoms with Gasteiger partial charge in [-0.1, -0.05) is 0 Å². The van der Waals surface area contributed by atoms with E-state index in [2.05, 4.69) is 9.88 Å². The van der Waals surface area contributed by atoms with Crippen LogP contribution in [-0.2, 0) is 10.0 Å². The first-order valence-electron chi connectivity index (χ1n) is 6.52. The largest absolute Gasteiger partial charge is 0.396 e. The number of rotatable bonds is 3. The predicted octanol–water partition coefficient (Wildman–Crippen LogP) is 0.278. The van der Waals surface area contributed by atoms with Gasteiger partial charge in [0.1, 0.15) is 0 Å². The van der Waals surface area contributed by atoms with Crippen molar-refractivity contribution in [3.8, 4) is 0 Å². The minimum Gasteiger partial charge on any atom is -0.396 e. The molecule has 19 heavy (non-hydrogen) atoms. The zero-order chi connectivity index (χ0) is 13.5. The Kier molecular flexibility index (Phi) is 3.10. The average Bonchev–Trinajstić information content (AvgIpc) is 3.24. The maximum Gasteiger partial charge on any atom is 0.217 e. The van der Waals surface area contributed by atoms with Crippen LogP contribution in [-0.4, -0.2) is 49.1 Å². The van der Waals surface area contributed by atoms with Crippen molar-refractivity contribution >= 4 is 21.4 Å². The number of hydrogen-bond donors (Lipinski definition) is 1. The van der Waals surface area contributed by atoms with Crippen molar-refractivity contribution in [3.05, 3.63) is 18.5 Å². The van der Waals surface area contributed by atoms with E-state index in [1.807, 2.05) is 6.07 Å². The van der Waals surface area contributed by atoms with Crippen LogP contribution in [0.5, 0.6) is 0 Å². The number of hydrogen-bond acceptors (Lipinski definition) is 5. The second kappa shape index (κ2) is 4.64. The van der Waals surface area contributed by atoms with Crippen LogP contribution >= 0.6 is 0 Å². The molecule has 3 rings (SSSR count). The lowest BCUT2D eigenvalue weighted by Crippen LogP contribution is -2.49. The molecule has 1 saturated heterocycles. The van der Waals surface area contributed by atoms with Crippen molar-refractivity contribution in [2.45, 2.75) is 18.1 Å². The molecule has 0 unspecified atom stereocenters. The number of sulfonamides is 1. The molecule has 2 heterocycles. The minimum atomic E-state index is -3.04. The van der Waals surface area contributed by atoms with Gasteiger partial charge in [-0.25, -0.2) is 8.42 Å². The Morgan fingerprint density at radius 3 is 2.47 bits per heavy atom. The fourth-order valence-corrected chi connectivity index (χ4v) is 4.27. The molecular formula is C12H18N4O2S. The fraction of sp³-hybridized carbons (Fsp3) is 0.583. The summed E-state index contributed by atoms with van der Waals surface area (Å²) in [7, 11) is -3.04. The molecule has 2 fully saturated rings. The van der Waals surface area contributed by atoms with E-state index in [0.29, 0.717) is 31.9 Å². The van der Waals surface area contributed by atoms with E-state index in [1.165, 1.54) is 0 Å². The number of nitrogen functional groups attached to an aromatic ring is 1. The molecular weight excluding hydrogens is 264 g/mol. The summed E-state index contributed by atoms with van der Waals surface area (Å²) in [4.78, 5) is 6.09. The maximum absolute atomic E-state index is 12.1. The second-order valence-electron chi connectivity index (χ2n) is 5.06. The zero-order valence-corrected chi connectivity index (χ0v) is 11.5. The molecule has 1 aliphatic heterocycles. The average molecular weight is 282 g/mol. The van der Waals surface area contributed by atoms with Crippen LogP contribution in [0.2, 0.25) is 0 Å². The molecule has 0 amide bonds. The summed E-state index contributed by atoms with van der Waals surface area (Å²) in [6.07, 6.45) is 4.97. The third-order valence-electron chi connectivity index (χ3n) is 3.71. The summed E-state index contributed by atoms with van der Waals surface area (Å²) >= 11 is 0. The van der Waals surface area contributed by atoms with Gasteiger partial charge in [0.05, 0.1) is 22.8 Å². The fourth-order valence-electron chi connectivity index (χ4n) is 2.45. The Morgan fingerprint density at radius 1 is 1.21 bits per heavy atom. The minimum absolute atomic E-state index is 0.120. The molecule has 1 aromatic heterocycles. The molecule has 0 aromatic carbocycles. The third kappa shape index (κ3) is 2.40. The summed E-state index contributed by atoms with van der Waals surface area (Å²) < 4.78 is 25.9. The highest BCUT2D eigenvalue weighted by molar-refractivity contribution is 7.90. The highest BCUT2D eigenvalue weighted by Gasteiger charge is 2.41. The molecule has 1 aliphatic carbocycles. The second-order valence-corrected chi connectivity index (χ2v) is 7.28. The van der Waals surface area contributed by atoms with Gasteiger partial charge < -0.3 is 10.6 Å². The van der Waals surface area contributed by atoms with Crippen LogP contribution in [0, 0.1) is 0 Å². The van der Waals surface area contributed by atoms with E-state index in [1.54, 1.807) is 16.7 Å². The normalized spacial score (nSPS) is 21.6. The smallest absolute Gasteiger partial charge is 0.217 e. The Morgan fingerprint density at radius 2 is 1.89 bits per heavy atom. The lowest BCUT2D eigenvalue weighted by molar-refractivity contribution is 0.384. The van der Waals surface area contributed by atoms with Crippen LogP contribution in [0.1, 0.15) is 12.8 Å². The highest BCUT2D eigenvalue weighted by atomic mass is 32.2. The van der Waals surface area contributed by atoms with Crippen LogP contribution in [0.3, 0.4) is 0 Å². The van der Waals surface area contributed by atoms with E-state index < -0.39 is 10.0 Å². The van der Waals surface area contributed by atoms with Crippen LogP contribution in [0.25, 0.3) is 0 Å². The molecule has 7 heteroatoms. The number of aromatic nitrogens is 1. The molecule has 2 aliphatic rings. The summed E-state index contributed by atoms with van der Waals surface area (Å²) in [5.74, 6) is 0. The van der Waals surface area contributed by atoms with E-state index in [4.69, 9.17) is 5.73 Å². The Balaban J connectivity index is 1.68. The molecule has 2 N–H and O–H groups in total. The number of nitrogens with zero attached hydrogens (tertiary/aromatic N) is 3. The van der Waals surface area contributed by atoms with Gasteiger partial charge in [-0.2, -0.15) is 4.31 Å². The maximum atomic E-state index is 12.1. The quantitative estimate of drug-likeness (QED) is 0.861. The first-order valence-corrected chi connectivity index (χ1v) is 8.03. The van der Waals surface area contributed by atoms with E-state index >= 15 is 0 Å². The summed E-state index contributed by atoms with van der Waals surface area (Å²) in [5, 5.41) is -0.120. The first-order chi connectivity index (χ1) is 9.09. The number of pyridine rings is 1. The van der Waals surface area contributed by atoms with Crippen molar-refractivity contribution in [2.75, 3.05) is 36.8 Å². The zero-order valence-electron chi connectivity index (χ0n) is 10.7. The SMILES string of the molecule is Nc1cnccc1N1CCN(S(=O)(=O)C2CC2)CC1. The van der Waals surface area contributed by atoms with Crippen molar-refractivity contribution in [1.29, 1.82) is 0 Å². The number of piperazine rings is 1. The first kappa shape index (κ1) is 12.7. The molecule has 0 spiro atoms. The topological polar surface area (TPSA) is 79.5 Å². The van der Waals surface area contributed by atoms with Gasteiger partial charge >= 0.3 is 0 Å². The lowest BCUT2D eigenvalue weighted by atomic mass is 10.2. The van der Waals surface area contributed by atoms with Crippen molar-refractivity contribution in [1.82, 2.24) is 9.29 Å². The van der Waals surface area contributed by atoms with Gasteiger partial charge in [0, 0.05) is 32.4 Å². The van der Waals surface area contributed by atoms with E-state index in [9.17, 15) is 8.42 Å². The third-order valence-corrected chi connectivity index (χ3v) is 6.11. The monoisotopic (exact) mass is 282 g/mol. The standard InChI is InChI=1S/C12H18N4O2S/c13-11-9-14-4-3-12(11)15-5-7-16(8-6-15)19(17,18)10-1-2-10/h3-4,9-10H,1-2,5-8,13H2. The summed E-state index contributed by atoms with van der Waals surface area (Å²) in [6, 6.07) is 1.88. The van der Waals surface area contributed by atoms with Crippen LogP contribution in [0.15, 0.2) is 18.5 Å². The molecule has 0 atom stereocenters. The Bertz CT molecular complexity index is 563. The van der Waals surface area contributed by atoms with Crippen molar-refractivity contribution in [2.24, 2.45) is 0 Å². The summed E-state index contributed by atoms with van der Waals surface area (Å²) in [6.45, 7) is 2.45. The van der Waals surface area contributed by atoms with Crippen LogP contribution < -0.4 is 10.6 Å². The van der Waals surface area contributed by atoms with Gasteiger partial charge in [-0.3, -0.25) is 4.98 Å². The highest BCUT2D eigenvalue weighted by Crippen LogP contribution is 2.32. The Hall–Kier alpha value is -1.34. The van der Waals surface area contributed by atoms with Crippen molar-refractivity contribution in [3.63, 3.8) is 0 Å². The van der Waals surface area contributed by atoms with Crippen LogP contribution in [0.4, 0.5) is 11.4 Å². The molecule has 0 bridgehead atoms. The van der Waals surface area contributed by atoms with Gasteiger partial charge in [0.15, 0.2) is 0 Å². The van der Waals surface area contributed by atoms with Gasteiger partial charge in [-0.15, -0.1) is 0 Å². The number of nitrogens with two attached hydrogens (primary N) is 1. The molecule has 1 aromatic rings.